The number of hydrogen-bond donors (Lipinski definition) is 2. The molecule has 0 aliphatic carbocycles. The Morgan fingerprint density at radius 3 is 2.34 bits per heavy atom. The SMILES string of the molecule is CC(C)NC(=O)c1ccc(NC(=O)Cc2ccc(S(=O)(=O)N3CCCC3)s2)cc1. The van der Waals surface area contributed by atoms with Crippen LogP contribution in [0.15, 0.2) is 40.6 Å². The number of thiophene rings is 1. The Labute approximate surface area is 175 Å². The van der Waals surface area contributed by atoms with E-state index in [4.69, 9.17) is 0 Å². The van der Waals surface area contributed by atoms with Crippen molar-refractivity contribution in [1.29, 1.82) is 0 Å². The molecule has 2 N–H and O–H groups in total. The standard InChI is InChI=1S/C20H25N3O4S2/c1-14(2)21-20(25)15-5-7-16(8-6-15)22-18(24)13-17-9-10-19(28-17)29(26,27)23-11-3-4-12-23/h5-10,14H,3-4,11-13H2,1-2H3,(H,21,25)(H,22,24). The number of carbonyl (C=O) groups excluding carboxylic acids is 2. The van der Waals surface area contributed by atoms with Crippen LogP contribution < -0.4 is 10.6 Å². The van der Waals surface area contributed by atoms with Crippen LogP contribution in [-0.4, -0.2) is 43.7 Å². The Morgan fingerprint density at radius 1 is 1.07 bits per heavy atom. The summed E-state index contributed by atoms with van der Waals surface area (Å²) in [4.78, 5) is 25.0. The van der Waals surface area contributed by atoms with E-state index < -0.39 is 10.0 Å². The van der Waals surface area contributed by atoms with Gasteiger partial charge in [0.05, 0.1) is 6.42 Å². The molecule has 1 aliphatic rings. The minimum absolute atomic E-state index is 0.0480. The van der Waals surface area contributed by atoms with Gasteiger partial charge in [-0.15, -0.1) is 11.3 Å². The fourth-order valence-corrected chi connectivity index (χ4v) is 6.09. The van der Waals surface area contributed by atoms with E-state index >= 15 is 0 Å². The number of nitrogens with zero attached hydrogens (tertiary/aromatic N) is 1. The van der Waals surface area contributed by atoms with Gasteiger partial charge in [0.2, 0.25) is 5.91 Å². The fourth-order valence-electron chi connectivity index (χ4n) is 3.06. The Balaban J connectivity index is 1.59. The molecule has 1 aliphatic heterocycles. The Hall–Kier alpha value is -2.23. The summed E-state index contributed by atoms with van der Waals surface area (Å²) in [6.07, 6.45) is 1.87. The van der Waals surface area contributed by atoms with Crippen molar-refractivity contribution in [3.8, 4) is 0 Å². The molecule has 1 aromatic heterocycles. The van der Waals surface area contributed by atoms with Gasteiger partial charge in [-0.2, -0.15) is 4.31 Å². The maximum atomic E-state index is 12.6. The first-order valence-corrected chi connectivity index (χ1v) is 11.8. The molecule has 7 nitrogen and oxygen atoms in total. The first-order valence-electron chi connectivity index (χ1n) is 9.55. The van der Waals surface area contributed by atoms with Crippen molar-refractivity contribution in [2.75, 3.05) is 18.4 Å². The monoisotopic (exact) mass is 435 g/mol. The van der Waals surface area contributed by atoms with Crippen LogP contribution >= 0.6 is 11.3 Å². The lowest BCUT2D eigenvalue weighted by molar-refractivity contribution is -0.115. The first kappa shape index (κ1) is 21.5. The predicted molar refractivity (Wildman–Crippen MR) is 114 cm³/mol. The molecule has 1 fully saturated rings. The van der Waals surface area contributed by atoms with Crippen molar-refractivity contribution in [3.05, 3.63) is 46.8 Å². The normalized spacial score (nSPS) is 14.9. The Morgan fingerprint density at radius 2 is 1.72 bits per heavy atom. The number of anilines is 1. The van der Waals surface area contributed by atoms with Gasteiger partial charge in [0, 0.05) is 35.3 Å². The van der Waals surface area contributed by atoms with Gasteiger partial charge in [0.25, 0.3) is 15.9 Å². The summed E-state index contributed by atoms with van der Waals surface area (Å²) >= 11 is 1.13. The third-order valence-electron chi connectivity index (χ3n) is 4.48. The van der Waals surface area contributed by atoms with Gasteiger partial charge in [0.15, 0.2) is 0 Å². The highest BCUT2D eigenvalue weighted by molar-refractivity contribution is 7.91. The van der Waals surface area contributed by atoms with Crippen molar-refractivity contribution in [2.24, 2.45) is 0 Å². The minimum Gasteiger partial charge on any atom is -0.350 e. The number of amides is 2. The van der Waals surface area contributed by atoms with Crippen LogP contribution in [0.25, 0.3) is 0 Å². The highest BCUT2D eigenvalue weighted by Crippen LogP contribution is 2.27. The van der Waals surface area contributed by atoms with E-state index in [0.29, 0.717) is 29.2 Å². The van der Waals surface area contributed by atoms with Gasteiger partial charge in [0.1, 0.15) is 4.21 Å². The molecule has 0 unspecified atom stereocenters. The zero-order chi connectivity index (χ0) is 21.0. The topological polar surface area (TPSA) is 95.6 Å². The van der Waals surface area contributed by atoms with Gasteiger partial charge in [-0.25, -0.2) is 8.42 Å². The molecular formula is C20H25N3O4S2. The number of carbonyl (C=O) groups is 2. The van der Waals surface area contributed by atoms with Gasteiger partial charge in [-0.05, 0) is 63.1 Å². The van der Waals surface area contributed by atoms with Gasteiger partial charge < -0.3 is 10.6 Å². The van der Waals surface area contributed by atoms with Crippen LogP contribution in [-0.2, 0) is 21.2 Å². The molecular weight excluding hydrogens is 410 g/mol. The average Bonchev–Trinajstić information content (AvgIpc) is 3.34. The lowest BCUT2D eigenvalue weighted by Crippen LogP contribution is -2.30. The van der Waals surface area contributed by atoms with Crippen LogP contribution in [0.5, 0.6) is 0 Å². The van der Waals surface area contributed by atoms with Crippen molar-refractivity contribution in [3.63, 3.8) is 0 Å². The smallest absolute Gasteiger partial charge is 0.252 e. The molecule has 0 spiro atoms. The summed E-state index contributed by atoms with van der Waals surface area (Å²) in [6.45, 7) is 4.89. The highest BCUT2D eigenvalue weighted by Gasteiger charge is 2.28. The second-order valence-corrected chi connectivity index (χ2v) is 10.6. The van der Waals surface area contributed by atoms with E-state index in [1.807, 2.05) is 13.8 Å². The molecule has 2 heterocycles. The van der Waals surface area contributed by atoms with Gasteiger partial charge in [-0.1, -0.05) is 0 Å². The van der Waals surface area contributed by atoms with E-state index in [0.717, 1.165) is 24.2 Å². The maximum Gasteiger partial charge on any atom is 0.252 e. The van der Waals surface area contributed by atoms with Crippen LogP contribution in [0.3, 0.4) is 0 Å². The molecule has 2 amide bonds. The average molecular weight is 436 g/mol. The third kappa shape index (κ3) is 5.43. The van der Waals surface area contributed by atoms with Crippen molar-refractivity contribution < 1.29 is 18.0 Å². The number of nitrogens with one attached hydrogen (secondary N) is 2. The zero-order valence-corrected chi connectivity index (χ0v) is 18.1. The molecule has 1 aromatic carbocycles. The van der Waals surface area contributed by atoms with Crippen molar-refractivity contribution in [2.45, 2.75) is 43.4 Å². The number of rotatable bonds is 7. The van der Waals surface area contributed by atoms with Crippen LogP contribution in [0.1, 0.15) is 41.9 Å². The maximum absolute atomic E-state index is 12.6. The molecule has 0 bridgehead atoms. The van der Waals surface area contributed by atoms with E-state index in [2.05, 4.69) is 10.6 Å². The molecule has 1 saturated heterocycles. The Kier molecular flexibility index (Phi) is 6.71. The lowest BCUT2D eigenvalue weighted by Gasteiger charge is -2.13. The molecule has 0 radical (unpaired) electrons. The summed E-state index contributed by atoms with van der Waals surface area (Å²) in [7, 11) is -3.45. The molecule has 2 aromatic rings. The largest absolute Gasteiger partial charge is 0.350 e. The summed E-state index contributed by atoms with van der Waals surface area (Å²) in [5, 5.41) is 5.59. The Bertz CT molecular complexity index is 975. The summed E-state index contributed by atoms with van der Waals surface area (Å²) in [5.74, 6) is -0.403. The number of sulfonamides is 1. The lowest BCUT2D eigenvalue weighted by atomic mass is 10.2. The molecule has 156 valence electrons. The minimum atomic E-state index is -3.45. The van der Waals surface area contributed by atoms with Crippen LogP contribution in [0, 0.1) is 0 Å². The highest BCUT2D eigenvalue weighted by atomic mass is 32.2. The van der Waals surface area contributed by atoms with Crippen LogP contribution in [0.2, 0.25) is 0 Å². The van der Waals surface area contributed by atoms with E-state index in [1.54, 1.807) is 36.4 Å². The van der Waals surface area contributed by atoms with E-state index in [1.165, 1.54) is 4.31 Å². The first-order chi connectivity index (χ1) is 13.8. The van der Waals surface area contributed by atoms with Gasteiger partial charge in [-0.3, -0.25) is 9.59 Å². The predicted octanol–water partition coefficient (Wildman–Crippen LogP) is 2.85. The second-order valence-electron chi connectivity index (χ2n) is 7.26. The molecule has 3 rings (SSSR count). The van der Waals surface area contributed by atoms with Crippen molar-refractivity contribution >= 4 is 38.9 Å². The van der Waals surface area contributed by atoms with Crippen LogP contribution in [0.4, 0.5) is 5.69 Å². The zero-order valence-electron chi connectivity index (χ0n) is 16.5. The van der Waals surface area contributed by atoms with E-state index in [9.17, 15) is 18.0 Å². The molecule has 29 heavy (non-hydrogen) atoms. The van der Waals surface area contributed by atoms with Gasteiger partial charge >= 0.3 is 0 Å². The number of benzene rings is 1. The third-order valence-corrected chi connectivity index (χ3v) is 7.93. The quantitative estimate of drug-likeness (QED) is 0.699. The molecule has 0 atom stereocenters. The number of hydrogen-bond acceptors (Lipinski definition) is 5. The molecule has 0 saturated carbocycles. The second kappa shape index (κ2) is 9.06. The van der Waals surface area contributed by atoms with Crippen molar-refractivity contribution in [1.82, 2.24) is 9.62 Å². The summed E-state index contributed by atoms with van der Waals surface area (Å²) in [6, 6.07) is 9.95. The van der Waals surface area contributed by atoms with E-state index in [-0.39, 0.29) is 28.5 Å². The molecule has 9 heteroatoms. The fraction of sp³-hybridized carbons (Fsp3) is 0.400. The summed E-state index contributed by atoms with van der Waals surface area (Å²) in [5.41, 5.74) is 1.10. The summed E-state index contributed by atoms with van der Waals surface area (Å²) < 4.78 is 26.9.